The SMILES string of the molecule is C=CCCCCCOc1cc(Br)ccc1[C@@H](C)O. The van der Waals surface area contributed by atoms with Gasteiger partial charge in [0, 0.05) is 10.0 Å². The largest absolute Gasteiger partial charge is 0.493 e. The van der Waals surface area contributed by atoms with E-state index >= 15 is 0 Å². The molecule has 0 aliphatic heterocycles. The topological polar surface area (TPSA) is 29.5 Å². The summed E-state index contributed by atoms with van der Waals surface area (Å²) < 4.78 is 6.71. The van der Waals surface area contributed by atoms with Gasteiger partial charge in [0.2, 0.25) is 0 Å². The van der Waals surface area contributed by atoms with Crippen LogP contribution < -0.4 is 4.74 Å². The molecule has 0 aliphatic carbocycles. The molecular formula is C15H21BrO2. The van der Waals surface area contributed by atoms with E-state index < -0.39 is 6.10 Å². The van der Waals surface area contributed by atoms with Gasteiger partial charge in [-0.1, -0.05) is 28.1 Å². The van der Waals surface area contributed by atoms with E-state index in [1.165, 1.54) is 0 Å². The van der Waals surface area contributed by atoms with E-state index in [4.69, 9.17) is 4.74 Å². The summed E-state index contributed by atoms with van der Waals surface area (Å²) >= 11 is 3.42. The van der Waals surface area contributed by atoms with Gasteiger partial charge in [-0.2, -0.15) is 0 Å². The van der Waals surface area contributed by atoms with Gasteiger partial charge in [0.05, 0.1) is 12.7 Å². The van der Waals surface area contributed by atoms with E-state index in [9.17, 15) is 5.11 Å². The number of aliphatic hydroxyl groups is 1. The van der Waals surface area contributed by atoms with Crippen LogP contribution in [0.3, 0.4) is 0 Å². The Morgan fingerprint density at radius 2 is 2.17 bits per heavy atom. The molecule has 100 valence electrons. The molecule has 0 unspecified atom stereocenters. The van der Waals surface area contributed by atoms with Crippen molar-refractivity contribution in [3.63, 3.8) is 0 Å². The minimum atomic E-state index is -0.506. The number of benzene rings is 1. The highest BCUT2D eigenvalue weighted by molar-refractivity contribution is 9.10. The van der Waals surface area contributed by atoms with Crippen LogP contribution in [0.5, 0.6) is 5.75 Å². The van der Waals surface area contributed by atoms with E-state index in [2.05, 4.69) is 22.5 Å². The van der Waals surface area contributed by atoms with Crippen molar-refractivity contribution in [1.82, 2.24) is 0 Å². The molecule has 0 aliphatic rings. The standard InChI is InChI=1S/C15H21BrO2/c1-3-4-5-6-7-10-18-15-11-13(16)8-9-14(15)12(2)17/h3,8-9,11-12,17H,1,4-7,10H2,2H3/t12-/m1/s1. The van der Waals surface area contributed by atoms with Crippen LogP contribution in [0, 0.1) is 0 Å². The Morgan fingerprint density at radius 1 is 1.39 bits per heavy atom. The van der Waals surface area contributed by atoms with Crippen LogP contribution in [0.2, 0.25) is 0 Å². The van der Waals surface area contributed by atoms with Gasteiger partial charge in [-0.3, -0.25) is 0 Å². The second-order valence-electron chi connectivity index (χ2n) is 4.34. The van der Waals surface area contributed by atoms with Gasteiger partial charge in [0.15, 0.2) is 0 Å². The van der Waals surface area contributed by atoms with Crippen LogP contribution >= 0.6 is 15.9 Å². The average Bonchev–Trinajstić information content (AvgIpc) is 2.33. The number of aliphatic hydroxyl groups excluding tert-OH is 1. The predicted molar refractivity (Wildman–Crippen MR) is 78.9 cm³/mol. The van der Waals surface area contributed by atoms with Crippen LogP contribution in [0.25, 0.3) is 0 Å². The summed E-state index contributed by atoms with van der Waals surface area (Å²) in [5.74, 6) is 0.767. The van der Waals surface area contributed by atoms with Crippen LogP contribution in [0.4, 0.5) is 0 Å². The molecule has 1 aromatic rings. The summed E-state index contributed by atoms with van der Waals surface area (Å²) in [5, 5.41) is 9.66. The summed E-state index contributed by atoms with van der Waals surface area (Å²) in [6, 6.07) is 5.71. The van der Waals surface area contributed by atoms with Crippen LogP contribution in [0.15, 0.2) is 35.3 Å². The average molecular weight is 313 g/mol. The third-order valence-corrected chi connectivity index (χ3v) is 3.23. The summed E-state index contributed by atoms with van der Waals surface area (Å²) in [4.78, 5) is 0. The normalized spacial score (nSPS) is 12.2. The maximum Gasteiger partial charge on any atom is 0.126 e. The molecule has 0 saturated carbocycles. The number of unbranched alkanes of at least 4 members (excludes halogenated alkanes) is 3. The maximum absolute atomic E-state index is 9.66. The molecule has 0 amide bonds. The van der Waals surface area contributed by atoms with Gasteiger partial charge in [-0.05, 0) is 44.7 Å². The van der Waals surface area contributed by atoms with E-state index in [0.717, 1.165) is 41.5 Å². The maximum atomic E-state index is 9.66. The fourth-order valence-electron chi connectivity index (χ4n) is 1.73. The zero-order valence-corrected chi connectivity index (χ0v) is 12.4. The minimum Gasteiger partial charge on any atom is -0.493 e. The third kappa shape index (κ3) is 5.23. The lowest BCUT2D eigenvalue weighted by Crippen LogP contribution is -2.02. The number of hydrogen-bond acceptors (Lipinski definition) is 2. The number of allylic oxidation sites excluding steroid dienone is 1. The first-order chi connectivity index (χ1) is 8.65. The van der Waals surface area contributed by atoms with Crippen molar-refractivity contribution in [2.75, 3.05) is 6.61 Å². The highest BCUT2D eigenvalue weighted by Gasteiger charge is 2.09. The Kier molecular flexibility index (Phi) is 7.06. The third-order valence-electron chi connectivity index (χ3n) is 2.74. The Labute approximate surface area is 118 Å². The van der Waals surface area contributed by atoms with Crippen LogP contribution in [0.1, 0.15) is 44.3 Å². The zero-order valence-electron chi connectivity index (χ0n) is 10.9. The van der Waals surface area contributed by atoms with Crippen molar-refractivity contribution in [3.8, 4) is 5.75 Å². The molecular weight excluding hydrogens is 292 g/mol. The van der Waals surface area contributed by atoms with Crippen molar-refractivity contribution in [2.45, 2.75) is 38.7 Å². The highest BCUT2D eigenvalue weighted by atomic mass is 79.9. The molecule has 1 N–H and O–H groups in total. The molecule has 0 bridgehead atoms. The summed E-state index contributed by atoms with van der Waals surface area (Å²) in [7, 11) is 0. The molecule has 0 spiro atoms. The molecule has 3 heteroatoms. The first-order valence-electron chi connectivity index (χ1n) is 6.36. The molecule has 1 atom stereocenters. The molecule has 1 rings (SSSR count). The van der Waals surface area contributed by atoms with Crippen molar-refractivity contribution in [2.24, 2.45) is 0 Å². The van der Waals surface area contributed by atoms with Crippen molar-refractivity contribution in [1.29, 1.82) is 0 Å². The fraction of sp³-hybridized carbons (Fsp3) is 0.467. The minimum absolute atomic E-state index is 0.506. The quantitative estimate of drug-likeness (QED) is 0.560. The van der Waals surface area contributed by atoms with Gasteiger partial charge >= 0.3 is 0 Å². The molecule has 0 heterocycles. The van der Waals surface area contributed by atoms with E-state index in [1.54, 1.807) is 6.92 Å². The summed E-state index contributed by atoms with van der Waals surface area (Å²) in [6.45, 7) is 6.14. The number of rotatable bonds is 8. The van der Waals surface area contributed by atoms with Crippen LogP contribution in [-0.2, 0) is 0 Å². The fourth-order valence-corrected chi connectivity index (χ4v) is 2.07. The predicted octanol–water partition coefficient (Wildman–Crippen LogP) is 4.63. The zero-order chi connectivity index (χ0) is 13.4. The van der Waals surface area contributed by atoms with E-state index in [-0.39, 0.29) is 0 Å². The summed E-state index contributed by atoms with van der Waals surface area (Å²) in [5.41, 5.74) is 0.837. The molecule has 2 nitrogen and oxygen atoms in total. The first-order valence-corrected chi connectivity index (χ1v) is 7.15. The van der Waals surface area contributed by atoms with Crippen molar-refractivity contribution >= 4 is 15.9 Å². The Balaban J connectivity index is 2.45. The smallest absolute Gasteiger partial charge is 0.126 e. The molecule has 18 heavy (non-hydrogen) atoms. The molecule has 0 saturated heterocycles. The van der Waals surface area contributed by atoms with Gasteiger partial charge in [-0.25, -0.2) is 0 Å². The Bertz CT molecular complexity index is 375. The molecule has 0 radical (unpaired) electrons. The first kappa shape index (κ1) is 15.3. The second kappa shape index (κ2) is 8.33. The number of halogens is 1. The van der Waals surface area contributed by atoms with Gasteiger partial charge in [-0.15, -0.1) is 6.58 Å². The summed E-state index contributed by atoms with van der Waals surface area (Å²) in [6.07, 6.45) is 5.84. The Morgan fingerprint density at radius 3 is 2.83 bits per heavy atom. The van der Waals surface area contributed by atoms with E-state index in [1.807, 2.05) is 24.3 Å². The van der Waals surface area contributed by atoms with Gasteiger partial charge < -0.3 is 9.84 Å². The highest BCUT2D eigenvalue weighted by Crippen LogP contribution is 2.28. The van der Waals surface area contributed by atoms with Crippen molar-refractivity contribution < 1.29 is 9.84 Å². The lowest BCUT2D eigenvalue weighted by molar-refractivity contribution is 0.190. The van der Waals surface area contributed by atoms with Gasteiger partial charge in [0.1, 0.15) is 5.75 Å². The van der Waals surface area contributed by atoms with Crippen LogP contribution in [-0.4, -0.2) is 11.7 Å². The van der Waals surface area contributed by atoms with Gasteiger partial charge in [0.25, 0.3) is 0 Å². The molecule has 0 aromatic heterocycles. The van der Waals surface area contributed by atoms with E-state index in [0.29, 0.717) is 6.61 Å². The second-order valence-corrected chi connectivity index (χ2v) is 5.26. The molecule has 0 fully saturated rings. The Hall–Kier alpha value is -0.800. The molecule has 1 aromatic carbocycles. The lowest BCUT2D eigenvalue weighted by atomic mass is 10.1. The van der Waals surface area contributed by atoms with Crippen molar-refractivity contribution in [3.05, 3.63) is 40.9 Å². The monoisotopic (exact) mass is 312 g/mol. The number of ether oxygens (including phenoxy) is 1. The lowest BCUT2D eigenvalue weighted by Gasteiger charge is -2.13. The number of hydrogen-bond donors (Lipinski definition) is 1.